The lowest BCUT2D eigenvalue weighted by Crippen LogP contribution is -2.14. The van der Waals surface area contributed by atoms with Gasteiger partial charge in [0.15, 0.2) is 5.82 Å². The average molecular weight is 471 g/mol. The van der Waals surface area contributed by atoms with Gasteiger partial charge in [-0.3, -0.25) is 14.5 Å². The molecular formula is C25H23FN8O. The molecule has 3 N–H and O–H groups in total. The predicted octanol–water partition coefficient (Wildman–Crippen LogP) is 3.93. The fourth-order valence-corrected chi connectivity index (χ4v) is 4.07. The molecule has 0 saturated heterocycles. The molecule has 0 atom stereocenters. The summed E-state index contributed by atoms with van der Waals surface area (Å²) in [5.74, 6) is -0.246. The molecule has 9 nitrogen and oxygen atoms in total. The van der Waals surface area contributed by atoms with Crippen molar-refractivity contribution in [3.8, 4) is 11.3 Å². The SMILES string of the molecule is Cc1ccc(F)c(Cn2cc(NC(=O)c3cc(-c4cc(C)c5c(N)ncnn45)cnc3C)cn2)c1. The number of halogens is 1. The van der Waals surface area contributed by atoms with E-state index in [2.05, 4.69) is 25.5 Å². The van der Waals surface area contributed by atoms with E-state index in [0.29, 0.717) is 39.4 Å². The minimum absolute atomic E-state index is 0.255. The molecule has 1 amide bonds. The number of pyridine rings is 1. The van der Waals surface area contributed by atoms with Crippen LogP contribution < -0.4 is 11.1 Å². The van der Waals surface area contributed by atoms with Crippen molar-refractivity contribution in [2.75, 3.05) is 11.1 Å². The summed E-state index contributed by atoms with van der Waals surface area (Å²) in [4.78, 5) is 21.6. The van der Waals surface area contributed by atoms with Crippen LogP contribution in [0, 0.1) is 26.6 Å². The smallest absolute Gasteiger partial charge is 0.257 e. The number of aryl methyl sites for hydroxylation is 3. The maximum atomic E-state index is 14.1. The zero-order valence-corrected chi connectivity index (χ0v) is 19.5. The number of nitrogens with zero attached hydrogens (tertiary/aromatic N) is 6. The van der Waals surface area contributed by atoms with Gasteiger partial charge in [-0.1, -0.05) is 17.7 Å². The lowest BCUT2D eigenvalue weighted by atomic mass is 10.1. The fraction of sp³-hybridized carbons (Fsp3) is 0.160. The zero-order valence-electron chi connectivity index (χ0n) is 19.5. The van der Waals surface area contributed by atoms with E-state index in [9.17, 15) is 9.18 Å². The molecule has 0 bridgehead atoms. The molecule has 0 unspecified atom stereocenters. The minimum Gasteiger partial charge on any atom is -0.382 e. The summed E-state index contributed by atoms with van der Waals surface area (Å²) in [5.41, 5.74) is 12.1. The van der Waals surface area contributed by atoms with Gasteiger partial charge >= 0.3 is 0 Å². The summed E-state index contributed by atoms with van der Waals surface area (Å²) in [6.45, 7) is 5.85. The first-order valence-corrected chi connectivity index (χ1v) is 10.9. The van der Waals surface area contributed by atoms with Gasteiger partial charge in [0.25, 0.3) is 5.91 Å². The first-order chi connectivity index (χ1) is 16.8. The number of aromatic nitrogens is 6. The van der Waals surface area contributed by atoms with E-state index in [1.54, 1.807) is 46.7 Å². The molecule has 5 aromatic rings. The molecule has 0 aliphatic heterocycles. The molecular weight excluding hydrogens is 447 g/mol. The van der Waals surface area contributed by atoms with E-state index in [4.69, 9.17) is 5.73 Å². The number of fused-ring (bicyclic) bond motifs is 1. The molecule has 4 aromatic heterocycles. The molecule has 0 spiro atoms. The van der Waals surface area contributed by atoms with E-state index in [1.807, 2.05) is 19.9 Å². The number of carbonyl (C=O) groups excluding carboxylic acids is 1. The van der Waals surface area contributed by atoms with Gasteiger partial charge in [-0.25, -0.2) is 13.9 Å². The Morgan fingerprint density at radius 3 is 2.74 bits per heavy atom. The Labute approximate surface area is 200 Å². The number of hydrogen-bond acceptors (Lipinski definition) is 6. The molecule has 0 saturated carbocycles. The summed E-state index contributed by atoms with van der Waals surface area (Å²) < 4.78 is 17.4. The van der Waals surface area contributed by atoms with Crippen LogP contribution in [-0.2, 0) is 6.54 Å². The van der Waals surface area contributed by atoms with Crippen molar-refractivity contribution in [3.05, 3.63) is 89.0 Å². The van der Waals surface area contributed by atoms with Gasteiger partial charge in [0.05, 0.1) is 35.4 Å². The Kier molecular flexibility index (Phi) is 5.48. The van der Waals surface area contributed by atoms with Crippen molar-refractivity contribution < 1.29 is 9.18 Å². The number of benzene rings is 1. The van der Waals surface area contributed by atoms with Gasteiger partial charge in [-0.05, 0) is 44.5 Å². The Bertz CT molecular complexity index is 1590. The number of amides is 1. The molecule has 10 heteroatoms. The van der Waals surface area contributed by atoms with E-state index >= 15 is 0 Å². The van der Waals surface area contributed by atoms with Crippen LogP contribution in [0.25, 0.3) is 16.8 Å². The average Bonchev–Trinajstić information content (AvgIpc) is 3.41. The highest BCUT2D eigenvalue weighted by Crippen LogP contribution is 2.28. The van der Waals surface area contributed by atoms with Gasteiger partial charge in [0.2, 0.25) is 0 Å². The normalized spacial score (nSPS) is 11.2. The van der Waals surface area contributed by atoms with Gasteiger partial charge in [0, 0.05) is 23.5 Å². The summed E-state index contributed by atoms with van der Waals surface area (Å²) >= 11 is 0. The zero-order chi connectivity index (χ0) is 24.7. The van der Waals surface area contributed by atoms with Crippen LogP contribution in [0.1, 0.15) is 32.7 Å². The van der Waals surface area contributed by atoms with Gasteiger partial charge in [-0.15, -0.1) is 0 Å². The first kappa shape index (κ1) is 22.2. The Morgan fingerprint density at radius 1 is 1.09 bits per heavy atom. The monoisotopic (exact) mass is 470 g/mol. The third-order valence-electron chi connectivity index (χ3n) is 5.83. The second-order valence-corrected chi connectivity index (χ2v) is 8.45. The molecule has 5 rings (SSSR count). The number of nitrogens with two attached hydrogens (primary N) is 1. The Morgan fingerprint density at radius 2 is 1.91 bits per heavy atom. The van der Waals surface area contributed by atoms with Crippen molar-refractivity contribution in [2.45, 2.75) is 27.3 Å². The van der Waals surface area contributed by atoms with Crippen molar-refractivity contribution in [1.29, 1.82) is 0 Å². The first-order valence-electron chi connectivity index (χ1n) is 10.9. The highest BCUT2D eigenvalue weighted by Gasteiger charge is 2.17. The highest BCUT2D eigenvalue weighted by atomic mass is 19.1. The van der Waals surface area contributed by atoms with Crippen LogP contribution in [0.2, 0.25) is 0 Å². The number of nitrogens with one attached hydrogen (secondary N) is 1. The van der Waals surface area contributed by atoms with Crippen molar-refractivity contribution in [3.63, 3.8) is 0 Å². The van der Waals surface area contributed by atoms with Crippen LogP contribution in [-0.4, -0.2) is 35.3 Å². The molecule has 1 aromatic carbocycles. The number of anilines is 2. The second kappa shape index (κ2) is 8.64. The maximum Gasteiger partial charge on any atom is 0.257 e. The molecule has 4 heterocycles. The lowest BCUT2D eigenvalue weighted by Gasteiger charge is -2.09. The highest BCUT2D eigenvalue weighted by molar-refractivity contribution is 6.05. The Balaban J connectivity index is 1.40. The molecule has 176 valence electrons. The van der Waals surface area contributed by atoms with E-state index < -0.39 is 0 Å². The summed E-state index contributed by atoms with van der Waals surface area (Å²) in [6, 6.07) is 8.64. The fourth-order valence-electron chi connectivity index (χ4n) is 4.07. The maximum absolute atomic E-state index is 14.1. The van der Waals surface area contributed by atoms with E-state index in [1.165, 1.54) is 18.6 Å². The molecule has 0 fully saturated rings. The van der Waals surface area contributed by atoms with Crippen LogP contribution in [0.3, 0.4) is 0 Å². The lowest BCUT2D eigenvalue weighted by molar-refractivity contribution is 0.102. The molecule has 0 aliphatic rings. The minimum atomic E-state index is -0.329. The van der Waals surface area contributed by atoms with Gasteiger partial charge in [-0.2, -0.15) is 10.2 Å². The van der Waals surface area contributed by atoms with Crippen molar-refractivity contribution in [1.82, 2.24) is 29.4 Å². The second-order valence-electron chi connectivity index (χ2n) is 8.45. The number of hydrogen-bond donors (Lipinski definition) is 2. The largest absolute Gasteiger partial charge is 0.382 e. The molecule has 0 radical (unpaired) electrons. The number of rotatable bonds is 5. The van der Waals surface area contributed by atoms with Crippen molar-refractivity contribution >= 4 is 22.9 Å². The van der Waals surface area contributed by atoms with Crippen LogP contribution >= 0.6 is 0 Å². The van der Waals surface area contributed by atoms with Gasteiger partial charge in [0.1, 0.15) is 17.7 Å². The molecule has 35 heavy (non-hydrogen) atoms. The summed E-state index contributed by atoms with van der Waals surface area (Å²) in [6.07, 6.45) is 6.28. The van der Waals surface area contributed by atoms with Crippen LogP contribution in [0.15, 0.2) is 55.2 Å². The number of carbonyl (C=O) groups is 1. The summed E-state index contributed by atoms with van der Waals surface area (Å²) in [5, 5.41) is 11.4. The van der Waals surface area contributed by atoms with E-state index in [0.717, 1.165) is 16.8 Å². The van der Waals surface area contributed by atoms with E-state index in [-0.39, 0.29) is 18.3 Å². The number of nitrogen functional groups attached to an aromatic ring is 1. The molecule has 0 aliphatic carbocycles. The topological polar surface area (TPSA) is 116 Å². The van der Waals surface area contributed by atoms with Gasteiger partial charge < -0.3 is 11.1 Å². The third-order valence-corrected chi connectivity index (χ3v) is 5.83. The third kappa shape index (κ3) is 4.21. The standard InChI is InChI=1S/C25H23FN8O/c1-14-4-5-21(26)18(6-14)11-33-12-19(10-30-33)32-25(35)20-8-17(9-28-16(20)3)22-7-15(2)23-24(27)29-13-31-34(22)23/h4-10,12-13H,11H2,1-3H3,(H,32,35)(H2,27,29,31). The Hall–Kier alpha value is -4.60. The van der Waals surface area contributed by atoms with Crippen LogP contribution in [0.5, 0.6) is 0 Å². The van der Waals surface area contributed by atoms with Crippen LogP contribution in [0.4, 0.5) is 15.9 Å². The predicted molar refractivity (Wildman–Crippen MR) is 131 cm³/mol. The summed E-state index contributed by atoms with van der Waals surface area (Å²) in [7, 11) is 0. The quantitative estimate of drug-likeness (QED) is 0.402. The van der Waals surface area contributed by atoms with Crippen molar-refractivity contribution in [2.24, 2.45) is 0 Å².